The van der Waals surface area contributed by atoms with Gasteiger partial charge in [-0.25, -0.2) is 4.79 Å². The van der Waals surface area contributed by atoms with Crippen LogP contribution in [0, 0.1) is 18.3 Å². The van der Waals surface area contributed by atoms with Crippen molar-refractivity contribution in [1.82, 2.24) is 31.5 Å². The van der Waals surface area contributed by atoms with Crippen molar-refractivity contribution in [2.75, 3.05) is 34.2 Å². The topological polar surface area (TPSA) is 166 Å². The fourth-order valence-corrected chi connectivity index (χ4v) is 5.20. The van der Waals surface area contributed by atoms with Crippen LogP contribution in [0.4, 0.5) is 4.79 Å². The van der Waals surface area contributed by atoms with Gasteiger partial charge in [-0.2, -0.15) is 0 Å². The van der Waals surface area contributed by atoms with Crippen molar-refractivity contribution in [2.24, 2.45) is 5.92 Å². The molecule has 1 aromatic rings. The predicted molar refractivity (Wildman–Crippen MR) is 168 cm³/mol. The number of urea groups is 1. The highest BCUT2D eigenvalue weighted by Crippen LogP contribution is 2.31. The number of benzene rings is 1. The van der Waals surface area contributed by atoms with Crippen molar-refractivity contribution < 1.29 is 28.8 Å². The number of hydrogen-bond acceptors (Lipinski definition) is 7. The van der Waals surface area contributed by atoms with Gasteiger partial charge < -0.3 is 36.3 Å². The first-order chi connectivity index (χ1) is 21.2. The molecule has 12 nitrogen and oxygen atoms in total. The molecule has 240 valence electrons. The van der Waals surface area contributed by atoms with Crippen molar-refractivity contribution in [3.05, 3.63) is 48.0 Å². The molecule has 3 rings (SSSR count). The first-order valence-electron chi connectivity index (χ1n) is 14.6. The Morgan fingerprint density at radius 1 is 1.07 bits per heavy atom. The lowest BCUT2D eigenvalue weighted by Crippen LogP contribution is -2.58. The van der Waals surface area contributed by atoms with Crippen LogP contribution in [0.3, 0.4) is 0 Å². The maximum Gasteiger partial charge on any atom is 0.315 e. The van der Waals surface area contributed by atoms with E-state index < -0.39 is 41.8 Å². The number of Topliss-reactive ketones (excluding diaryl/α,β-unsaturated/α-hetero) is 1. The Labute approximate surface area is 260 Å². The lowest BCUT2D eigenvalue weighted by Gasteiger charge is -2.32. The summed E-state index contributed by atoms with van der Waals surface area (Å²) in [5, 5.41) is 13.2. The van der Waals surface area contributed by atoms with E-state index in [1.54, 1.807) is 6.08 Å². The van der Waals surface area contributed by atoms with E-state index in [1.165, 1.54) is 11.9 Å². The number of carbonyl (C=O) groups is 6. The third-order valence-corrected chi connectivity index (χ3v) is 7.24. The Balaban J connectivity index is 0.00000182. The first-order valence-corrected chi connectivity index (χ1v) is 14.6. The number of rotatable bonds is 12. The molecule has 12 heteroatoms. The quantitative estimate of drug-likeness (QED) is 0.0995. The molecule has 1 aliphatic heterocycles. The molecule has 5 N–H and O–H groups in total. The van der Waals surface area contributed by atoms with E-state index in [0.29, 0.717) is 38.6 Å². The van der Waals surface area contributed by atoms with E-state index in [2.05, 4.69) is 39.1 Å². The van der Waals surface area contributed by atoms with Crippen LogP contribution in [0.5, 0.6) is 0 Å². The lowest BCUT2D eigenvalue weighted by atomic mass is 9.95. The minimum absolute atomic E-state index is 0.0950. The molecular weight excluding hydrogens is 564 g/mol. The van der Waals surface area contributed by atoms with Crippen LogP contribution in [0.1, 0.15) is 43.2 Å². The summed E-state index contributed by atoms with van der Waals surface area (Å²) >= 11 is 0. The molecular formula is C32H46N6O6. The van der Waals surface area contributed by atoms with E-state index in [1.807, 2.05) is 45.1 Å². The normalized spacial score (nSPS) is 16.2. The first kappa shape index (κ1) is 37.5. The third-order valence-electron chi connectivity index (χ3n) is 7.24. The number of ketones is 1. The molecule has 1 saturated heterocycles. The summed E-state index contributed by atoms with van der Waals surface area (Å²) in [6, 6.07) is 4.67. The zero-order chi connectivity index (χ0) is 33.1. The van der Waals surface area contributed by atoms with Gasteiger partial charge in [0.15, 0.2) is 0 Å². The number of nitrogens with one attached hydrogen (secondary N) is 5. The van der Waals surface area contributed by atoms with Crippen molar-refractivity contribution in [2.45, 2.75) is 63.1 Å². The lowest BCUT2D eigenvalue weighted by molar-refractivity contribution is -0.143. The second kappa shape index (κ2) is 20.4. The number of carbonyl (C=O) groups excluding carboxylic acids is 6. The van der Waals surface area contributed by atoms with E-state index in [0.717, 1.165) is 11.1 Å². The maximum absolute atomic E-state index is 13.8. The zero-order valence-electron chi connectivity index (χ0n) is 25.9. The molecule has 0 bridgehead atoms. The second-order valence-electron chi connectivity index (χ2n) is 10.3. The zero-order valence-corrected chi connectivity index (χ0v) is 25.9. The van der Waals surface area contributed by atoms with E-state index >= 15 is 0 Å². The van der Waals surface area contributed by atoms with E-state index in [4.69, 9.17) is 11.2 Å². The summed E-state index contributed by atoms with van der Waals surface area (Å²) in [6.45, 7) is 6.17. The standard InChI is InChI=1S/C29H37N5O5.C2H7N.CH2O/c1-4-6-13-22(25(35)27(37)31-15-7-5-2)32-26(36)23-14-10-16-34(23)28(38)24(33-29(39)30-3)21-17-19-11-8-9-12-20(19)18-21;1-3-2;1-2/h1,5,8-9,11-12,21-24H,2,6-7,10,13-18H2,3H3,(H,31,37)(H,32,36)(H2,30,33,39);3H,1-2H3;1H2. The highest BCUT2D eigenvalue weighted by atomic mass is 16.2. The molecule has 1 aliphatic carbocycles. The fraction of sp³-hybridized carbons (Fsp3) is 0.500. The highest BCUT2D eigenvalue weighted by molar-refractivity contribution is 6.38. The summed E-state index contributed by atoms with van der Waals surface area (Å²) in [4.78, 5) is 74.1. The molecule has 0 spiro atoms. The number of amides is 5. The number of hydrogen-bond donors (Lipinski definition) is 5. The average molecular weight is 611 g/mol. The maximum atomic E-state index is 13.8. The van der Waals surface area contributed by atoms with Crippen molar-refractivity contribution in [1.29, 1.82) is 0 Å². The molecule has 0 radical (unpaired) electrons. The second-order valence-corrected chi connectivity index (χ2v) is 10.3. The van der Waals surface area contributed by atoms with Crippen molar-refractivity contribution >= 4 is 36.3 Å². The molecule has 3 atom stereocenters. The molecule has 3 unspecified atom stereocenters. The predicted octanol–water partition coefficient (Wildman–Crippen LogP) is 0.500. The van der Waals surface area contributed by atoms with E-state index in [-0.39, 0.29) is 31.2 Å². The Kier molecular flexibility index (Phi) is 17.4. The smallest absolute Gasteiger partial charge is 0.315 e. The van der Waals surface area contributed by atoms with Gasteiger partial charge in [0.1, 0.15) is 18.9 Å². The molecule has 1 fully saturated rings. The number of nitrogens with zero attached hydrogens (tertiary/aromatic N) is 1. The highest BCUT2D eigenvalue weighted by Gasteiger charge is 2.42. The number of fused-ring (bicyclic) bond motifs is 1. The van der Waals surface area contributed by atoms with Gasteiger partial charge in [-0.05, 0) is 69.7 Å². The van der Waals surface area contributed by atoms with Gasteiger partial charge in [-0.15, -0.1) is 18.9 Å². The molecule has 5 amide bonds. The van der Waals surface area contributed by atoms with Crippen LogP contribution in [0.2, 0.25) is 0 Å². The Bertz CT molecular complexity index is 1160. The third kappa shape index (κ3) is 11.0. The summed E-state index contributed by atoms with van der Waals surface area (Å²) in [5.41, 5.74) is 2.27. The Hall–Kier alpha value is -4.50. The molecule has 2 aliphatic rings. The summed E-state index contributed by atoms with van der Waals surface area (Å²) in [6.07, 6.45) is 10.0. The molecule has 44 heavy (non-hydrogen) atoms. The van der Waals surface area contributed by atoms with Gasteiger partial charge >= 0.3 is 6.03 Å². The van der Waals surface area contributed by atoms with Gasteiger partial charge in [0.25, 0.3) is 5.91 Å². The molecule has 1 heterocycles. The molecule has 0 aromatic heterocycles. The summed E-state index contributed by atoms with van der Waals surface area (Å²) in [7, 11) is 5.23. The SMILES string of the molecule is C#CCCC(NC(=O)C1CCCN1C(=O)C(NC(=O)NC)C1Cc2ccccc2C1)C(=O)C(=O)NCCC=C.C=O.CNC. The largest absolute Gasteiger partial charge is 0.349 e. The molecule has 0 saturated carbocycles. The van der Waals surface area contributed by atoms with Crippen LogP contribution in [-0.2, 0) is 36.8 Å². The minimum atomic E-state index is -1.11. The van der Waals surface area contributed by atoms with Gasteiger partial charge in [0, 0.05) is 26.6 Å². The van der Waals surface area contributed by atoms with Crippen LogP contribution in [0.25, 0.3) is 0 Å². The minimum Gasteiger partial charge on any atom is -0.349 e. The number of terminal acetylenes is 1. The average Bonchev–Trinajstić information content (AvgIpc) is 3.70. The van der Waals surface area contributed by atoms with Crippen LogP contribution < -0.4 is 26.6 Å². The number of likely N-dealkylation sites (tertiary alicyclic amines) is 1. The Morgan fingerprint density at radius 2 is 1.68 bits per heavy atom. The van der Waals surface area contributed by atoms with Gasteiger partial charge in [0.05, 0.1) is 6.04 Å². The summed E-state index contributed by atoms with van der Waals surface area (Å²) < 4.78 is 0. The fourth-order valence-electron chi connectivity index (χ4n) is 5.20. The summed E-state index contributed by atoms with van der Waals surface area (Å²) in [5.74, 6) is -0.204. The van der Waals surface area contributed by atoms with Gasteiger partial charge in [-0.3, -0.25) is 19.2 Å². The van der Waals surface area contributed by atoms with Gasteiger partial charge in [0.2, 0.25) is 17.6 Å². The van der Waals surface area contributed by atoms with Crippen molar-refractivity contribution in [3.8, 4) is 12.3 Å². The van der Waals surface area contributed by atoms with E-state index in [9.17, 15) is 24.0 Å². The van der Waals surface area contributed by atoms with Crippen LogP contribution in [0.15, 0.2) is 36.9 Å². The Morgan fingerprint density at radius 3 is 2.23 bits per heavy atom. The molecule has 1 aromatic carbocycles. The van der Waals surface area contributed by atoms with Gasteiger partial charge in [-0.1, -0.05) is 30.3 Å². The monoisotopic (exact) mass is 610 g/mol. The van der Waals surface area contributed by atoms with Crippen molar-refractivity contribution in [3.63, 3.8) is 0 Å². The van der Waals surface area contributed by atoms with Crippen LogP contribution >= 0.6 is 0 Å². The van der Waals surface area contributed by atoms with Crippen LogP contribution in [-0.4, -0.2) is 93.6 Å².